The van der Waals surface area contributed by atoms with Gasteiger partial charge in [-0.3, -0.25) is 9.78 Å². The summed E-state index contributed by atoms with van der Waals surface area (Å²) in [6.45, 7) is 1.23. The third kappa shape index (κ3) is 4.30. The second-order valence-corrected chi connectivity index (χ2v) is 4.59. The molecule has 1 atom stereocenters. The lowest BCUT2D eigenvalue weighted by Crippen LogP contribution is -2.25. The van der Waals surface area contributed by atoms with Crippen molar-refractivity contribution in [3.63, 3.8) is 0 Å². The monoisotopic (exact) mass is 298 g/mol. The summed E-state index contributed by atoms with van der Waals surface area (Å²) in [6.07, 6.45) is 0.534. The smallest absolute Gasteiger partial charge is 0.323 e. The molecule has 0 radical (unpaired) electrons. The van der Waals surface area contributed by atoms with E-state index in [-0.39, 0.29) is 0 Å². The molecule has 1 unspecified atom stereocenters. The third-order valence-corrected chi connectivity index (χ3v) is 2.75. The van der Waals surface area contributed by atoms with Gasteiger partial charge in [0.05, 0.1) is 36.4 Å². The molecule has 2 heterocycles. The van der Waals surface area contributed by atoms with E-state index in [1.54, 1.807) is 24.5 Å². The molecule has 1 N–H and O–H groups in total. The first-order chi connectivity index (χ1) is 9.85. The van der Waals surface area contributed by atoms with E-state index in [9.17, 15) is 18.0 Å². The molecule has 0 aliphatic carbocycles. The highest BCUT2D eigenvalue weighted by molar-refractivity contribution is 5.92. The number of carbonyl (C=O) groups excluding carboxylic acids is 1. The van der Waals surface area contributed by atoms with Crippen LogP contribution < -0.4 is 5.32 Å². The van der Waals surface area contributed by atoms with Gasteiger partial charge in [-0.2, -0.15) is 18.3 Å². The van der Waals surface area contributed by atoms with Crippen LogP contribution in [0.25, 0.3) is 5.69 Å². The summed E-state index contributed by atoms with van der Waals surface area (Å²) in [5.74, 6) is -1.86. The number of amides is 1. The van der Waals surface area contributed by atoms with Crippen molar-refractivity contribution >= 4 is 11.6 Å². The Kier molecular flexibility index (Phi) is 4.25. The van der Waals surface area contributed by atoms with E-state index in [4.69, 9.17) is 0 Å². The average Bonchev–Trinajstić information content (AvgIpc) is 2.86. The number of anilines is 1. The highest BCUT2D eigenvalue weighted by Gasteiger charge is 2.32. The van der Waals surface area contributed by atoms with Gasteiger partial charge in [0.25, 0.3) is 0 Å². The van der Waals surface area contributed by atoms with Gasteiger partial charge < -0.3 is 5.32 Å². The summed E-state index contributed by atoms with van der Waals surface area (Å²) in [5.41, 5.74) is 1.01. The van der Waals surface area contributed by atoms with Crippen molar-refractivity contribution in [3.05, 3.63) is 36.9 Å². The molecule has 2 aromatic heterocycles. The van der Waals surface area contributed by atoms with E-state index >= 15 is 0 Å². The van der Waals surface area contributed by atoms with E-state index in [0.29, 0.717) is 11.4 Å². The quantitative estimate of drug-likeness (QED) is 0.944. The summed E-state index contributed by atoms with van der Waals surface area (Å²) in [4.78, 5) is 15.6. The van der Waals surface area contributed by atoms with Crippen LogP contribution in [0.4, 0.5) is 18.9 Å². The molecule has 0 aliphatic rings. The molecule has 0 spiro atoms. The first kappa shape index (κ1) is 15.0. The van der Waals surface area contributed by atoms with Crippen molar-refractivity contribution in [2.24, 2.45) is 5.92 Å². The van der Waals surface area contributed by atoms with Crippen LogP contribution in [-0.4, -0.2) is 26.8 Å². The molecule has 0 saturated carbocycles. The molecule has 2 aromatic rings. The van der Waals surface area contributed by atoms with Crippen molar-refractivity contribution in [2.45, 2.75) is 19.5 Å². The summed E-state index contributed by atoms with van der Waals surface area (Å²) in [5, 5.41) is 6.42. The zero-order valence-corrected chi connectivity index (χ0v) is 11.1. The fraction of sp³-hybridized carbons (Fsp3) is 0.308. The number of hydrogen-bond acceptors (Lipinski definition) is 3. The summed E-state index contributed by atoms with van der Waals surface area (Å²) in [7, 11) is 0. The lowest BCUT2D eigenvalue weighted by Gasteiger charge is -2.13. The van der Waals surface area contributed by atoms with E-state index in [0.717, 1.165) is 0 Å². The zero-order chi connectivity index (χ0) is 15.5. The predicted molar refractivity (Wildman–Crippen MR) is 69.8 cm³/mol. The number of rotatable bonds is 4. The number of carbonyl (C=O) groups is 1. The van der Waals surface area contributed by atoms with Gasteiger partial charge >= 0.3 is 6.18 Å². The number of alkyl halides is 3. The van der Waals surface area contributed by atoms with Crippen LogP contribution in [0.3, 0.4) is 0 Å². The normalized spacial score (nSPS) is 13.0. The van der Waals surface area contributed by atoms with Gasteiger partial charge in [0, 0.05) is 12.1 Å². The first-order valence-corrected chi connectivity index (χ1v) is 6.18. The number of nitrogens with zero attached hydrogens (tertiary/aromatic N) is 3. The van der Waals surface area contributed by atoms with Crippen LogP contribution in [0.2, 0.25) is 0 Å². The lowest BCUT2D eigenvalue weighted by molar-refractivity contribution is -0.150. The minimum Gasteiger partial charge on any atom is -0.323 e. The van der Waals surface area contributed by atoms with Crippen molar-refractivity contribution in [3.8, 4) is 5.69 Å². The van der Waals surface area contributed by atoms with E-state index in [2.05, 4.69) is 15.4 Å². The van der Waals surface area contributed by atoms with Crippen LogP contribution in [0.15, 0.2) is 36.9 Å². The Bertz CT molecular complexity index is 609. The van der Waals surface area contributed by atoms with Crippen molar-refractivity contribution in [1.82, 2.24) is 14.8 Å². The Labute approximate surface area is 118 Å². The Morgan fingerprint density at radius 2 is 2.19 bits per heavy atom. The molecule has 0 aliphatic heterocycles. The predicted octanol–water partition coefficient (Wildman–Crippen LogP) is 2.79. The molecule has 0 fully saturated rings. The second kappa shape index (κ2) is 5.94. The molecular weight excluding hydrogens is 285 g/mol. The second-order valence-electron chi connectivity index (χ2n) is 4.59. The number of nitrogens with one attached hydrogen (secondary N) is 1. The molecule has 8 heteroatoms. The molecule has 2 rings (SSSR count). The van der Waals surface area contributed by atoms with E-state index in [1.165, 1.54) is 24.0 Å². The molecule has 5 nitrogen and oxygen atoms in total. The molecular formula is C13H13F3N4O. The van der Waals surface area contributed by atoms with Crippen molar-refractivity contribution < 1.29 is 18.0 Å². The van der Waals surface area contributed by atoms with Gasteiger partial charge in [0.1, 0.15) is 0 Å². The Morgan fingerprint density at radius 3 is 2.81 bits per heavy atom. The van der Waals surface area contributed by atoms with Crippen LogP contribution in [0.5, 0.6) is 0 Å². The molecule has 0 saturated heterocycles. The third-order valence-electron chi connectivity index (χ3n) is 2.75. The summed E-state index contributed by atoms with van der Waals surface area (Å²) in [6, 6.07) is 3.48. The Balaban J connectivity index is 2.01. The number of aromatic nitrogens is 3. The van der Waals surface area contributed by atoms with Gasteiger partial charge in [0.15, 0.2) is 0 Å². The van der Waals surface area contributed by atoms with Gasteiger partial charge in [-0.15, -0.1) is 0 Å². The van der Waals surface area contributed by atoms with E-state index < -0.39 is 24.4 Å². The zero-order valence-electron chi connectivity index (χ0n) is 11.1. The molecule has 0 aromatic carbocycles. The highest BCUT2D eigenvalue weighted by Crippen LogP contribution is 2.25. The fourth-order valence-corrected chi connectivity index (χ4v) is 1.72. The Morgan fingerprint density at radius 1 is 1.43 bits per heavy atom. The highest BCUT2D eigenvalue weighted by atomic mass is 19.4. The number of pyridine rings is 1. The first-order valence-electron chi connectivity index (χ1n) is 6.18. The van der Waals surface area contributed by atoms with Crippen LogP contribution in [0.1, 0.15) is 13.3 Å². The standard InChI is InChI=1S/C13H13F3N4O/c1-9(5-13(14,15)16)12(21)19-10-6-18-20(8-10)11-3-2-4-17-7-11/h2-4,6-9H,5H2,1H3,(H,19,21). The number of hydrogen-bond donors (Lipinski definition) is 1. The SMILES string of the molecule is CC(CC(F)(F)F)C(=O)Nc1cnn(-c2cccnc2)c1. The summed E-state index contributed by atoms with van der Waals surface area (Å²) >= 11 is 0. The lowest BCUT2D eigenvalue weighted by atomic mass is 10.1. The maximum absolute atomic E-state index is 12.2. The van der Waals surface area contributed by atoms with Gasteiger partial charge in [-0.1, -0.05) is 6.92 Å². The molecule has 1 amide bonds. The topological polar surface area (TPSA) is 59.8 Å². The number of halogens is 3. The fourth-order valence-electron chi connectivity index (χ4n) is 1.72. The molecule has 0 bridgehead atoms. The van der Waals surface area contributed by atoms with Gasteiger partial charge in [-0.05, 0) is 12.1 Å². The summed E-state index contributed by atoms with van der Waals surface area (Å²) < 4.78 is 38.2. The van der Waals surface area contributed by atoms with Crippen LogP contribution >= 0.6 is 0 Å². The minimum atomic E-state index is -4.36. The Hall–Kier alpha value is -2.38. The largest absolute Gasteiger partial charge is 0.389 e. The van der Waals surface area contributed by atoms with E-state index in [1.807, 2.05) is 0 Å². The minimum absolute atomic E-state index is 0.331. The average molecular weight is 298 g/mol. The van der Waals surface area contributed by atoms with Gasteiger partial charge in [0.2, 0.25) is 5.91 Å². The molecule has 112 valence electrons. The maximum atomic E-state index is 12.2. The van der Waals surface area contributed by atoms with Gasteiger partial charge in [-0.25, -0.2) is 4.68 Å². The van der Waals surface area contributed by atoms with Crippen molar-refractivity contribution in [1.29, 1.82) is 0 Å². The van der Waals surface area contributed by atoms with Crippen LogP contribution in [0, 0.1) is 5.92 Å². The van der Waals surface area contributed by atoms with Crippen LogP contribution in [-0.2, 0) is 4.79 Å². The maximum Gasteiger partial charge on any atom is 0.389 e. The van der Waals surface area contributed by atoms with Crippen molar-refractivity contribution in [2.75, 3.05) is 5.32 Å². The molecule has 21 heavy (non-hydrogen) atoms.